The van der Waals surface area contributed by atoms with Gasteiger partial charge < -0.3 is 4.74 Å². The molecule has 0 aliphatic carbocycles. The molecular formula is C19H14FNO3. The fraction of sp³-hybridized carbons (Fsp3) is 0.158. The van der Waals surface area contributed by atoms with Crippen LogP contribution in [-0.4, -0.2) is 18.5 Å². The number of carbonyl (C=O) groups is 2. The predicted octanol–water partition coefficient (Wildman–Crippen LogP) is 3.16. The number of ether oxygens (including phenoxy) is 1. The van der Waals surface area contributed by atoms with Crippen LogP contribution in [-0.2, 0) is 14.3 Å². The molecule has 2 aliphatic rings. The molecule has 4 rings (SSSR count). The van der Waals surface area contributed by atoms with E-state index in [0.29, 0.717) is 22.5 Å². The van der Waals surface area contributed by atoms with Crippen LogP contribution < -0.4 is 4.90 Å². The number of esters is 1. The first-order valence-corrected chi connectivity index (χ1v) is 7.69. The normalized spacial score (nSPS) is 20.2. The summed E-state index contributed by atoms with van der Waals surface area (Å²) in [6, 6.07) is 15.3. The van der Waals surface area contributed by atoms with E-state index < -0.39 is 17.7 Å². The number of para-hydroxylation sites is 1. The lowest BCUT2D eigenvalue weighted by molar-refractivity contribution is -0.136. The van der Waals surface area contributed by atoms with Crippen LogP contribution in [0.2, 0.25) is 0 Å². The first kappa shape index (κ1) is 14.6. The summed E-state index contributed by atoms with van der Waals surface area (Å²) in [6.07, 6.45) is 0.0315. The zero-order valence-electron chi connectivity index (χ0n) is 12.7. The van der Waals surface area contributed by atoms with Crippen LogP contribution in [0.5, 0.6) is 0 Å². The fourth-order valence-corrected chi connectivity index (χ4v) is 3.35. The standard InChI is InChI=1S/C19H14FNO3/c20-15-9-5-4-8-13(15)14-10-17(22)21(12-6-2-1-3-7-12)16-11-24-19(23)18(14)16/h1-9,14H,10-11H2. The van der Waals surface area contributed by atoms with E-state index in [-0.39, 0.29) is 18.9 Å². The number of rotatable bonds is 2. The summed E-state index contributed by atoms with van der Waals surface area (Å²) in [6.45, 7) is 0.0275. The highest BCUT2D eigenvalue weighted by Crippen LogP contribution is 2.42. The van der Waals surface area contributed by atoms with Crippen LogP contribution >= 0.6 is 0 Å². The van der Waals surface area contributed by atoms with E-state index in [4.69, 9.17) is 4.74 Å². The Morgan fingerprint density at radius 1 is 1.00 bits per heavy atom. The quantitative estimate of drug-likeness (QED) is 0.798. The molecule has 0 spiro atoms. The number of cyclic esters (lactones) is 1. The lowest BCUT2D eigenvalue weighted by atomic mass is 9.84. The van der Waals surface area contributed by atoms with Crippen molar-refractivity contribution in [1.82, 2.24) is 0 Å². The van der Waals surface area contributed by atoms with Crippen molar-refractivity contribution in [2.75, 3.05) is 11.5 Å². The number of carbonyl (C=O) groups excluding carboxylic acids is 2. The van der Waals surface area contributed by atoms with Gasteiger partial charge in [0.05, 0.1) is 11.3 Å². The van der Waals surface area contributed by atoms with Crippen molar-refractivity contribution in [3.05, 3.63) is 77.2 Å². The average molecular weight is 323 g/mol. The SMILES string of the molecule is O=C1OCC2=C1C(c1ccccc1F)CC(=O)N2c1ccccc1. The Hall–Kier alpha value is -2.95. The number of amides is 1. The molecule has 0 fully saturated rings. The highest BCUT2D eigenvalue weighted by atomic mass is 19.1. The second-order valence-corrected chi connectivity index (χ2v) is 5.78. The Kier molecular flexibility index (Phi) is 3.41. The molecule has 0 radical (unpaired) electrons. The van der Waals surface area contributed by atoms with Crippen molar-refractivity contribution < 1.29 is 18.7 Å². The average Bonchev–Trinajstić information content (AvgIpc) is 2.97. The largest absolute Gasteiger partial charge is 0.456 e. The van der Waals surface area contributed by atoms with Gasteiger partial charge in [-0.2, -0.15) is 0 Å². The third-order valence-corrected chi connectivity index (χ3v) is 4.41. The van der Waals surface area contributed by atoms with E-state index in [1.165, 1.54) is 11.0 Å². The zero-order valence-corrected chi connectivity index (χ0v) is 12.7. The van der Waals surface area contributed by atoms with Gasteiger partial charge in [-0.25, -0.2) is 9.18 Å². The molecule has 1 unspecified atom stereocenters. The number of hydrogen-bond donors (Lipinski definition) is 0. The molecule has 0 N–H and O–H groups in total. The zero-order chi connectivity index (χ0) is 16.7. The molecule has 2 aromatic carbocycles. The summed E-state index contributed by atoms with van der Waals surface area (Å²) in [4.78, 5) is 26.5. The number of anilines is 1. The number of nitrogens with zero attached hydrogens (tertiary/aromatic N) is 1. The Morgan fingerprint density at radius 3 is 2.46 bits per heavy atom. The van der Waals surface area contributed by atoms with Gasteiger partial charge in [0.25, 0.3) is 0 Å². The smallest absolute Gasteiger partial charge is 0.336 e. The lowest BCUT2D eigenvalue weighted by Gasteiger charge is -2.31. The minimum atomic E-state index is -0.608. The van der Waals surface area contributed by atoms with Crippen LogP contribution in [0.3, 0.4) is 0 Å². The summed E-state index contributed by atoms with van der Waals surface area (Å²) >= 11 is 0. The van der Waals surface area contributed by atoms with Crippen molar-refractivity contribution in [3.63, 3.8) is 0 Å². The molecule has 24 heavy (non-hydrogen) atoms. The van der Waals surface area contributed by atoms with Crippen LogP contribution in [0.25, 0.3) is 0 Å². The molecule has 1 atom stereocenters. The summed E-state index contributed by atoms with van der Waals surface area (Å²) in [7, 11) is 0. The summed E-state index contributed by atoms with van der Waals surface area (Å²) in [5.41, 5.74) is 1.92. The monoisotopic (exact) mass is 323 g/mol. The number of benzene rings is 2. The van der Waals surface area contributed by atoms with Crippen molar-refractivity contribution in [1.29, 1.82) is 0 Å². The molecule has 0 saturated heterocycles. The summed E-state index contributed by atoms with van der Waals surface area (Å²) < 4.78 is 19.4. The van der Waals surface area contributed by atoms with Gasteiger partial charge in [0.1, 0.15) is 12.4 Å². The molecule has 2 heterocycles. The number of halogens is 1. The second kappa shape index (κ2) is 5.60. The Morgan fingerprint density at radius 2 is 1.71 bits per heavy atom. The van der Waals surface area contributed by atoms with Crippen molar-refractivity contribution >= 4 is 17.6 Å². The Bertz CT molecular complexity index is 860. The Labute approximate surface area is 138 Å². The maximum absolute atomic E-state index is 14.2. The van der Waals surface area contributed by atoms with Crippen LogP contribution in [0.15, 0.2) is 65.9 Å². The fourth-order valence-electron chi connectivity index (χ4n) is 3.35. The summed E-state index contributed by atoms with van der Waals surface area (Å²) in [5, 5.41) is 0. The van der Waals surface area contributed by atoms with Gasteiger partial charge in [0.2, 0.25) is 5.91 Å². The van der Waals surface area contributed by atoms with E-state index in [1.54, 1.807) is 30.3 Å². The minimum absolute atomic E-state index is 0.0275. The van der Waals surface area contributed by atoms with E-state index in [2.05, 4.69) is 0 Å². The summed E-state index contributed by atoms with van der Waals surface area (Å²) in [5.74, 6) is -1.68. The molecule has 5 heteroatoms. The van der Waals surface area contributed by atoms with Gasteiger partial charge in [-0.15, -0.1) is 0 Å². The molecule has 0 saturated carbocycles. The lowest BCUT2D eigenvalue weighted by Crippen LogP contribution is -2.37. The molecule has 2 aliphatic heterocycles. The van der Waals surface area contributed by atoms with Gasteiger partial charge in [-0.05, 0) is 23.8 Å². The molecule has 0 bridgehead atoms. The third kappa shape index (κ3) is 2.21. The molecule has 2 aromatic rings. The maximum atomic E-state index is 14.2. The topological polar surface area (TPSA) is 46.6 Å². The van der Waals surface area contributed by atoms with Gasteiger partial charge in [-0.1, -0.05) is 36.4 Å². The number of hydrogen-bond acceptors (Lipinski definition) is 3. The second-order valence-electron chi connectivity index (χ2n) is 5.78. The van der Waals surface area contributed by atoms with Crippen molar-refractivity contribution in [2.45, 2.75) is 12.3 Å². The van der Waals surface area contributed by atoms with Gasteiger partial charge in [0, 0.05) is 18.0 Å². The van der Waals surface area contributed by atoms with Crippen molar-refractivity contribution in [2.24, 2.45) is 0 Å². The highest BCUT2D eigenvalue weighted by molar-refractivity contribution is 6.06. The molecule has 1 amide bonds. The highest BCUT2D eigenvalue weighted by Gasteiger charge is 2.43. The first-order chi connectivity index (χ1) is 11.7. The van der Waals surface area contributed by atoms with E-state index in [0.717, 1.165) is 0 Å². The predicted molar refractivity (Wildman–Crippen MR) is 85.7 cm³/mol. The van der Waals surface area contributed by atoms with Gasteiger partial charge in [0.15, 0.2) is 0 Å². The Balaban J connectivity index is 1.86. The molecule has 4 nitrogen and oxygen atoms in total. The van der Waals surface area contributed by atoms with Crippen LogP contribution in [0, 0.1) is 5.82 Å². The van der Waals surface area contributed by atoms with Crippen LogP contribution in [0.4, 0.5) is 10.1 Å². The van der Waals surface area contributed by atoms with E-state index in [9.17, 15) is 14.0 Å². The minimum Gasteiger partial charge on any atom is -0.456 e. The van der Waals surface area contributed by atoms with Crippen molar-refractivity contribution in [3.8, 4) is 0 Å². The van der Waals surface area contributed by atoms with E-state index >= 15 is 0 Å². The maximum Gasteiger partial charge on any atom is 0.336 e. The first-order valence-electron chi connectivity index (χ1n) is 7.69. The van der Waals surface area contributed by atoms with Gasteiger partial charge in [-0.3, -0.25) is 9.69 Å². The molecule has 120 valence electrons. The van der Waals surface area contributed by atoms with E-state index in [1.807, 2.05) is 18.2 Å². The van der Waals surface area contributed by atoms with Crippen LogP contribution in [0.1, 0.15) is 17.9 Å². The third-order valence-electron chi connectivity index (χ3n) is 4.41. The molecular weight excluding hydrogens is 309 g/mol. The molecule has 0 aromatic heterocycles. The van der Waals surface area contributed by atoms with Gasteiger partial charge >= 0.3 is 5.97 Å².